The number of benzene rings is 1. The van der Waals surface area contributed by atoms with Crippen LogP contribution < -0.4 is 5.32 Å². The average molecular weight is 210 g/mol. The van der Waals surface area contributed by atoms with Crippen LogP contribution in [0.2, 0.25) is 0 Å². The van der Waals surface area contributed by atoms with Gasteiger partial charge in [-0.25, -0.2) is 4.98 Å². The first-order valence-electron chi connectivity index (χ1n) is 3.96. The van der Waals surface area contributed by atoms with Crippen molar-refractivity contribution >= 4 is 39.0 Å². The van der Waals surface area contributed by atoms with Gasteiger partial charge in [0.05, 0.1) is 10.2 Å². The second-order valence-electron chi connectivity index (χ2n) is 2.62. The van der Waals surface area contributed by atoms with E-state index in [2.05, 4.69) is 34.8 Å². The number of aromatic nitrogens is 1. The van der Waals surface area contributed by atoms with Gasteiger partial charge < -0.3 is 5.32 Å². The van der Waals surface area contributed by atoms with Crippen molar-refractivity contribution in [3.05, 3.63) is 18.2 Å². The lowest BCUT2D eigenvalue weighted by Gasteiger charge is -1.96. The van der Waals surface area contributed by atoms with Gasteiger partial charge in [-0.2, -0.15) is 0 Å². The van der Waals surface area contributed by atoms with E-state index in [0.29, 0.717) is 0 Å². The van der Waals surface area contributed by atoms with Gasteiger partial charge in [-0.1, -0.05) is 11.8 Å². The van der Waals surface area contributed by atoms with Crippen LogP contribution in [0.25, 0.3) is 10.2 Å². The fourth-order valence-corrected chi connectivity index (χ4v) is 2.62. The summed E-state index contributed by atoms with van der Waals surface area (Å²) in [6, 6.07) is 6.26. The number of nitrogens with one attached hydrogen (secondary N) is 1. The van der Waals surface area contributed by atoms with E-state index in [0.717, 1.165) is 15.5 Å². The number of hydrogen-bond donors (Lipinski definition) is 1. The van der Waals surface area contributed by atoms with Crippen LogP contribution in [-0.4, -0.2) is 18.3 Å². The van der Waals surface area contributed by atoms with E-state index >= 15 is 0 Å². The smallest absolute Gasteiger partial charge is 0.150 e. The zero-order valence-corrected chi connectivity index (χ0v) is 9.13. The molecule has 4 heteroatoms. The maximum atomic E-state index is 4.48. The average Bonchev–Trinajstić information content (AvgIpc) is 2.58. The lowest BCUT2D eigenvalue weighted by atomic mass is 10.3. The fraction of sp³-hybridized carbons (Fsp3) is 0.222. The summed E-state index contributed by atoms with van der Waals surface area (Å²) in [5.41, 5.74) is 2.20. The number of anilines is 1. The molecule has 0 aliphatic rings. The molecule has 0 radical (unpaired) electrons. The van der Waals surface area contributed by atoms with Gasteiger partial charge in [-0.15, -0.1) is 11.3 Å². The summed E-state index contributed by atoms with van der Waals surface area (Å²) in [6.45, 7) is 0. The minimum Gasteiger partial charge on any atom is -0.388 e. The van der Waals surface area contributed by atoms with Gasteiger partial charge in [0.25, 0.3) is 0 Å². The molecule has 0 saturated carbocycles. The monoisotopic (exact) mass is 210 g/mol. The van der Waals surface area contributed by atoms with Crippen LogP contribution in [0.3, 0.4) is 0 Å². The number of fused-ring (bicyclic) bond motifs is 1. The molecule has 1 aromatic heterocycles. The van der Waals surface area contributed by atoms with Crippen molar-refractivity contribution in [3.63, 3.8) is 0 Å². The Morgan fingerprint density at radius 2 is 2.31 bits per heavy atom. The zero-order chi connectivity index (χ0) is 9.26. The predicted molar refractivity (Wildman–Crippen MR) is 60.9 cm³/mol. The molecule has 68 valence electrons. The summed E-state index contributed by atoms with van der Waals surface area (Å²) in [5.74, 6) is 0. The van der Waals surface area contributed by atoms with E-state index in [4.69, 9.17) is 0 Å². The van der Waals surface area contributed by atoms with Crippen molar-refractivity contribution in [1.29, 1.82) is 0 Å². The number of thiazole rings is 1. The van der Waals surface area contributed by atoms with Crippen LogP contribution in [0.1, 0.15) is 0 Å². The molecule has 0 spiro atoms. The second kappa shape index (κ2) is 3.55. The molecule has 2 rings (SSSR count). The summed E-state index contributed by atoms with van der Waals surface area (Å²) >= 11 is 3.44. The van der Waals surface area contributed by atoms with Crippen molar-refractivity contribution in [2.24, 2.45) is 0 Å². The molecule has 1 heterocycles. The third-order valence-electron chi connectivity index (χ3n) is 1.83. The van der Waals surface area contributed by atoms with Gasteiger partial charge in [-0.3, -0.25) is 0 Å². The van der Waals surface area contributed by atoms with E-state index in [1.54, 1.807) is 23.1 Å². The highest BCUT2D eigenvalue weighted by Gasteiger charge is 2.02. The highest BCUT2D eigenvalue weighted by atomic mass is 32.2. The molecule has 0 fully saturated rings. The molecule has 0 unspecified atom stereocenters. The third-order valence-corrected chi connectivity index (χ3v) is 3.85. The van der Waals surface area contributed by atoms with Gasteiger partial charge in [0.2, 0.25) is 0 Å². The summed E-state index contributed by atoms with van der Waals surface area (Å²) < 4.78 is 2.38. The molecule has 0 saturated heterocycles. The van der Waals surface area contributed by atoms with Crippen molar-refractivity contribution in [1.82, 2.24) is 4.98 Å². The molecule has 0 bridgehead atoms. The SMILES string of the molecule is CNc1ccc2sc(SC)nc2c1. The minimum absolute atomic E-state index is 1.08. The molecule has 0 amide bonds. The first-order chi connectivity index (χ1) is 6.33. The van der Waals surface area contributed by atoms with Crippen molar-refractivity contribution in [2.45, 2.75) is 4.34 Å². The first-order valence-corrected chi connectivity index (χ1v) is 6.00. The van der Waals surface area contributed by atoms with Gasteiger partial charge >= 0.3 is 0 Å². The lowest BCUT2D eigenvalue weighted by Crippen LogP contribution is -1.85. The maximum absolute atomic E-state index is 4.48. The summed E-state index contributed by atoms with van der Waals surface area (Å²) in [5, 5.41) is 3.10. The normalized spacial score (nSPS) is 10.6. The second-order valence-corrected chi connectivity index (χ2v) is 4.70. The Balaban J connectivity index is 2.57. The molecule has 2 nitrogen and oxygen atoms in total. The van der Waals surface area contributed by atoms with E-state index in [9.17, 15) is 0 Å². The standard InChI is InChI=1S/C9H10N2S2/c1-10-6-3-4-8-7(5-6)11-9(12-2)13-8/h3-5,10H,1-2H3. The first kappa shape index (κ1) is 8.84. The van der Waals surface area contributed by atoms with Crippen molar-refractivity contribution in [2.75, 3.05) is 18.6 Å². The van der Waals surface area contributed by atoms with Gasteiger partial charge in [0, 0.05) is 12.7 Å². The Morgan fingerprint density at radius 3 is 3.00 bits per heavy atom. The Hall–Kier alpha value is -0.740. The van der Waals surface area contributed by atoms with Crippen molar-refractivity contribution in [3.8, 4) is 0 Å². The number of rotatable bonds is 2. The van der Waals surface area contributed by atoms with Crippen LogP contribution in [0.15, 0.2) is 22.5 Å². The maximum Gasteiger partial charge on any atom is 0.150 e. The molecule has 1 N–H and O–H groups in total. The van der Waals surface area contributed by atoms with Gasteiger partial charge in [-0.05, 0) is 24.5 Å². The van der Waals surface area contributed by atoms with Crippen LogP contribution in [0, 0.1) is 0 Å². The topological polar surface area (TPSA) is 24.9 Å². The van der Waals surface area contributed by atoms with Crippen LogP contribution >= 0.6 is 23.1 Å². The summed E-state index contributed by atoms with van der Waals surface area (Å²) in [7, 11) is 1.92. The van der Waals surface area contributed by atoms with Crippen LogP contribution in [0.5, 0.6) is 0 Å². The summed E-state index contributed by atoms with van der Waals surface area (Å²) in [6.07, 6.45) is 2.05. The Bertz CT molecular complexity index is 420. The Kier molecular flexibility index (Phi) is 2.42. The number of thioether (sulfide) groups is 1. The van der Waals surface area contributed by atoms with Gasteiger partial charge in [0.1, 0.15) is 0 Å². The van der Waals surface area contributed by atoms with E-state index < -0.39 is 0 Å². The molecule has 13 heavy (non-hydrogen) atoms. The van der Waals surface area contributed by atoms with Crippen LogP contribution in [-0.2, 0) is 0 Å². The highest BCUT2D eigenvalue weighted by Crippen LogP contribution is 2.29. The minimum atomic E-state index is 1.08. The molecule has 0 atom stereocenters. The predicted octanol–water partition coefficient (Wildman–Crippen LogP) is 3.06. The molecule has 2 aromatic rings. The Labute approximate surface area is 85.4 Å². The largest absolute Gasteiger partial charge is 0.388 e. The third kappa shape index (κ3) is 1.64. The fourth-order valence-electron chi connectivity index (χ4n) is 1.15. The van der Waals surface area contributed by atoms with E-state index in [1.165, 1.54) is 4.70 Å². The van der Waals surface area contributed by atoms with Gasteiger partial charge in [0.15, 0.2) is 4.34 Å². The highest BCUT2D eigenvalue weighted by molar-refractivity contribution is 8.00. The zero-order valence-electron chi connectivity index (χ0n) is 7.50. The van der Waals surface area contributed by atoms with Crippen molar-refractivity contribution < 1.29 is 0 Å². The molecule has 1 aromatic carbocycles. The number of hydrogen-bond acceptors (Lipinski definition) is 4. The Morgan fingerprint density at radius 1 is 1.46 bits per heavy atom. The van der Waals surface area contributed by atoms with E-state index in [1.807, 2.05) is 7.05 Å². The lowest BCUT2D eigenvalue weighted by molar-refractivity contribution is 1.31. The summed E-state index contributed by atoms with van der Waals surface area (Å²) in [4.78, 5) is 4.48. The molecular weight excluding hydrogens is 200 g/mol. The van der Waals surface area contributed by atoms with E-state index in [-0.39, 0.29) is 0 Å². The molecular formula is C9H10N2S2. The van der Waals surface area contributed by atoms with Crippen LogP contribution in [0.4, 0.5) is 5.69 Å². The number of nitrogens with zero attached hydrogens (tertiary/aromatic N) is 1. The quantitative estimate of drug-likeness (QED) is 0.771. The molecule has 0 aliphatic heterocycles. The molecule has 0 aliphatic carbocycles.